The molecule has 0 saturated carbocycles. The molecule has 1 aromatic heterocycles. The topological polar surface area (TPSA) is 49.8 Å². The fourth-order valence-corrected chi connectivity index (χ4v) is 3.80. The number of aromatic nitrogens is 1. The van der Waals surface area contributed by atoms with Gasteiger partial charge in [-0.2, -0.15) is 0 Å². The first-order valence-electron chi connectivity index (χ1n) is 9.83. The second-order valence-electron chi connectivity index (χ2n) is 7.27. The molecule has 5 nitrogen and oxygen atoms in total. The van der Waals surface area contributed by atoms with Crippen LogP contribution in [0.3, 0.4) is 0 Å². The number of nitrogens with zero attached hydrogens (tertiary/aromatic N) is 3. The lowest BCUT2D eigenvalue weighted by molar-refractivity contribution is -0.0605. The van der Waals surface area contributed by atoms with Gasteiger partial charge in [-0.15, -0.1) is 24.0 Å². The number of benzene rings is 2. The number of hydrogen-bond acceptors (Lipinski definition) is 3. The minimum atomic E-state index is -0.241. The molecule has 1 N–H and O–H groups in total. The summed E-state index contributed by atoms with van der Waals surface area (Å²) in [6.45, 7) is 4.02. The Morgan fingerprint density at radius 3 is 2.70 bits per heavy atom. The van der Waals surface area contributed by atoms with Gasteiger partial charge in [-0.3, -0.25) is 9.98 Å². The first-order chi connectivity index (χ1) is 14.1. The molecule has 7 heteroatoms. The number of rotatable bonds is 3. The van der Waals surface area contributed by atoms with E-state index in [1.807, 2.05) is 31.3 Å². The van der Waals surface area contributed by atoms with Crippen LogP contribution in [0.15, 0.2) is 65.8 Å². The Morgan fingerprint density at radius 2 is 1.93 bits per heavy atom. The molecule has 2 aromatic carbocycles. The van der Waals surface area contributed by atoms with Crippen molar-refractivity contribution in [1.29, 1.82) is 0 Å². The van der Waals surface area contributed by atoms with Gasteiger partial charge < -0.3 is 15.0 Å². The maximum Gasteiger partial charge on any atom is 0.194 e. The van der Waals surface area contributed by atoms with Crippen molar-refractivity contribution in [3.63, 3.8) is 0 Å². The van der Waals surface area contributed by atoms with Crippen LogP contribution in [-0.2, 0) is 11.3 Å². The third-order valence-corrected chi connectivity index (χ3v) is 5.18. The molecule has 2 atom stereocenters. The van der Waals surface area contributed by atoms with Crippen LogP contribution in [0.2, 0.25) is 0 Å². The van der Waals surface area contributed by atoms with Crippen LogP contribution in [0, 0.1) is 5.82 Å². The average molecular weight is 520 g/mol. The molecular formula is C23H26FIN4O. The Labute approximate surface area is 193 Å². The highest BCUT2D eigenvalue weighted by atomic mass is 127. The maximum absolute atomic E-state index is 13.3. The molecule has 1 fully saturated rings. The number of nitrogens with one attached hydrogen (secondary N) is 1. The Hall–Kier alpha value is -2.26. The first kappa shape index (κ1) is 22.4. The number of guanidine groups is 1. The third kappa shape index (κ3) is 5.07. The summed E-state index contributed by atoms with van der Waals surface area (Å²) in [5.74, 6) is 0.566. The van der Waals surface area contributed by atoms with Crippen LogP contribution in [0.5, 0.6) is 0 Å². The summed E-state index contributed by atoms with van der Waals surface area (Å²) in [7, 11) is 1.78. The van der Waals surface area contributed by atoms with E-state index in [2.05, 4.69) is 32.3 Å². The molecular weight excluding hydrogens is 494 g/mol. The van der Waals surface area contributed by atoms with Crippen LogP contribution in [0.25, 0.3) is 10.8 Å². The van der Waals surface area contributed by atoms with Gasteiger partial charge in [0.2, 0.25) is 0 Å². The summed E-state index contributed by atoms with van der Waals surface area (Å²) >= 11 is 0. The van der Waals surface area contributed by atoms with E-state index in [1.54, 1.807) is 19.2 Å². The van der Waals surface area contributed by atoms with Gasteiger partial charge in [0.15, 0.2) is 5.96 Å². The summed E-state index contributed by atoms with van der Waals surface area (Å²) in [6.07, 6.45) is 1.74. The molecule has 0 aliphatic carbocycles. The fraction of sp³-hybridized carbons (Fsp3) is 0.304. The first-order valence-corrected chi connectivity index (χ1v) is 9.83. The standard InChI is InChI=1S/C23H25FN4O.HI/c1-16-14-28(15-22(29-16)18-7-9-19(24)10-8-18)23(25-2)27-13-21-20-6-4-3-5-17(20)11-12-26-21;/h3-12,16,22H,13-15H2,1-2H3,(H,25,27);1H. The molecule has 0 spiro atoms. The van der Waals surface area contributed by atoms with Gasteiger partial charge >= 0.3 is 0 Å². The summed E-state index contributed by atoms with van der Waals surface area (Å²) in [4.78, 5) is 11.2. The van der Waals surface area contributed by atoms with Crippen molar-refractivity contribution < 1.29 is 9.13 Å². The Kier molecular flexibility index (Phi) is 7.60. The Morgan fingerprint density at radius 1 is 1.17 bits per heavy atom. The largest absolute Gasteiger partial charge is 0.367 e. The molecule has 4 rings (SSSR count). The molecule has 1 saturated heterocycles. The van der Waals surface area contributed by atoms with Crippen LogP contribution in [-0.4, -0.2) is 42.1 Å². The molecule has 1 aliphatic rings. The highest BCUT2D eigenvalue weighted by molar-refractivity contribution is 14.0. The molecule has 1 aliphatic heterocycles. The number of hydrogen-bond donors (Lipinski definition) is 1. The van der Waals surface area contributed by atoms with Gasteiger partial charge in [0, 0.05) is 25.2 Å². The molecule has 0 radical (unpaired) electrons. The van der Waals surface area contributed by atoms with Crippen molar-refractivity contribution in [3.8, 4) is 0 Å². The second-order valence-corrected chi connectivity index (χ2v) is 7.27. The van der Waals surface area contributed by atoms with E-state index in [-0.39, 0.29) is 42.0 Å². The van der Waals surface area contributed by atoms with Gasteiger partial charge in [-0.05, 0) is 36.1 Å². The van der Waals surface area contributed by atoms with Crippen molar-refractivity contribution in [2.75, 3.05) is 20.1 Å². The van der Waals surface area contributed by atoms with E-state index in [1.165, 1.54) is 17.5 Å². The van der Waals surface area contributed by atoms with Gasteiger partial charge in [-0.25, -0.2) is 4.39 Å². The van der Waals surface area contributed by atoms with Crippen molar-refractivity contribution >= 4 is 40.7 Å². The summed E-state index contributed by atoms with van der Waals surface area (Å²) in [5, 5.41) is 5.76. The number of fused-ring (bicyclic) bond motifs is 1. The zero-order valence-electron chi connectivity index (χ0n) is 17.1. The highest BCUT2D eigenvalue weighted by Gasteiger charge is 2.28. The lowest BCUT2D eigenvalue weighted by atomic mass is 10.1. The monoisotopic (exact) mass is 520 g/mol. The predicted octanol–water partition coefficient (Wildman–Crippen LogP) is 4.53. The normalized spacial score (nSPS) is 19.4. The van der Waals surface area contributed by atoms with E-state index in [0.717, 1.165) is 29.1 Å². The van der Waals surface area contributed by atoms with E-state index in [9.17, 15) is 4.39 Å². The number of pyridine rings is 1. The average Bonchev–Trinajstić information content (AvgIpc) is 2.74. The van der Waals surface area contributed by atoms with Gasteiger partial charge in [0.1, 0.15) is 11.9 Å². The highest BCUT2D eigenvalue weighted by Crippen LogP contribution is 2.25. The zero-order chi connectivity index (χ0) is 20.2. The van der Waals surface area contributed by atoms with Gasteiger partial charge in [0.25, 0.3) is 0 Å². The van der Waals surface area contributed by atoms with Crippen LogP contribution >= 0.6 is 24.0 Å². The summed E-state index contributed by atoms with van der Waals surface area (Å²) in [5.41, 5.74) is 1.95. The maximum atomic E-state index is 13.3. The van der Waals surface area contributed by atoms with E-state index in [4.69, 9.17) is 4.74 Å². The van der Waals surface area contributed by atoms with Crippen LogP contribution < -0.4 is 5.32 Å². The SMILES string of the molecule is CN=C(NCc1nccc2ccccc12)N1CC(C)OC(c2ccc(F)cc2)C1.I. The minimum Gasteiger partial charge on any atom is -0.367 e. The van der Waals surface area contributed by atoms with E-state index >= 15 is 0 Å². The van der Waals surface area contributed by atoms with E-state index in [0.29, 0.717) is 13.1 Å². The molecule has 30 heavy (non-hydrogen) atoms. The molecule has 3 aromatic rings. The smallest absolute Gasteiger partial charge is 0.194 e. The van der Waals surface area contributed by atoms with Gasteiger partial charge in [-0.1, -0.05) is 36.4 Å². The number of halogens is 2. The lowest BCUT2D eigenvalue weighted by Gasteiger charge is -2.38. The lowest BCUT2D eigenvalue weighted by Crippen LogP contribution is -2.50. The molecule has 2 unspecified atom stereocenters. The summed E-state index contributed by atoms with van der Waals surface area (Å²) < 4.78 is 19.4. The van der Waals surface area contributed by atoms with Gasteiger partial charge in [0.05, 0.1) is 24.9 Å². The second kappa shape index (κ2) is 10.2. The predicted molar refractivity (Wildman–Crippen MR) is 129 cm³/mol. The zero-order valence-corrected chi connectivity index (χ0v) is 19.4. The quantitative estimate of drug-likeness (QED) is 0.314. The minimum absolute atomic E-state index is 0. The molecule has 2 heterocycles. The van der Waals surface area contributed by atoms with Crippen molar-refractivity contribution in [1.82, 2.24) is 15.2 Å². The third-order valence-electron chi connectivity index (χ3n) is 5.18. The van der Waals surface area contributed by atoms with Crippen LogP contribution in [0.1, 0.15) is 24.3 Å². The summed E-state index contributed by atoms with van der Waals surface area (Å²) in [6, 6.07) is 16.8. The fourth-order valence-electron chi connectivity index (χ4n) is 3.80. The van der Waals surface area contributed by atoms with Crippen LogP contribution in [0.4, 0.5) is 4.39 Å². The van der Waals surface area contributed by atoms with E-state index < -0.39 is 0 Å². The Balaban J connectivity index is 0.00000256. The molecule has 158 valence electrons. The number of morpholine rings is 1. The number of ether oxygens (including phenoxy) is 1. The Bertz CT molecular complexity index is 1010. The molecule has 0 bridgehead atoms. The van der Waals surface area contributed by atoms with Crippen molar-refractivity contribution in [2.45, 2.75) is 25.7 Å². The number of aliphatic imine (C=N–C) groups is 1. The van der Waals surface area contributed by atoms with Crippen molar-refractivity contribution in [2.24, 2.45) is 4.99 Å². The van der Waals surface area contributed by atoms with Crippen molar-refractivity contribution in [3.05, 3.63) is 77.9 Å². The molecule has 0 amide bonds.